The topological polar surface area (TPSA) is 53.6 Å². The van der Waals surface area contributed by atoms with Crippen molar-refractivity contribution in [3.8, 4) is 0 Å². The molecule has 2 atom stereocenters. The zero-order chi connectivity index (χ0) is 13.2. The van der Waals surface area contributed by atoms with Crippen LogP contribution in [0.4, 0.5) is 0 Å². The third-order valence-corrected chi connectivity index (χ3v) is 5.42. The first kappa shape index (κ1) is 13.2. The number of hydrogen-bond acceptors (Lipinski definition) is 2. The van der Waals surface area contributed by atoms with Gasteiger partial charge in [-0.15, -0.1) is 0 Å². The lowest BCUT2D eigenvalue weighted by atomic mass is 9.91. The third kappa shape index (κ3) is 3.04. The van der Waals surface area contributed by atoms with Crippen LogP contribution in [0.3, 0.4) is 0 Å². The van der Waals surface area contributed by atoms with Gasteiger partial charge in [-0.3, -0.25) is 4.99 Å². The van der Waals surface area contributed by atoms with Gasteiger partial charge < -0.3 is 16.0 Å². The van der Waals surface area contributed by atoms with Crippen LogP contribution in [0.25, 0.3) is 0 Å². The zero-order valence-electron chi connectivity index (χ0n) is 12.1. The lowest BCUT2D eigenvalue weighted by Gasteiger charge is -2.35. The number of nitrogens with two attached hydrogens (primary N) is 1. The lowest BCUT2D eigenvalue weighted by molar-refractivity contribution is 0.137. The number of aliphatic imine (C=N–C) groups is 1. The van der Waals surface area contributed by atoms with E-state index >= 15 is 0 Å². The van der Waals surface area contributed by atoms with Crippen LogP contribution in [0.15, 0.2) is 4.99 Å². The summed E-state index contributed by atoms with van der Waals surface area (Å²) in [5.74, 6) is 1.43. The molecule has 3 fully saturated rings. The molecular formula is C15H28N4. The quantitative estimate of drug-likeness (QED) is 0.603. The molecule has 108 valence electrons. The van der Waals surface area contributed by atoms with Gasteiger partial charge in [0, 0.05) is 24.7 Å². The molecule has 0 aromatic rings. The number of nitrogens with one attached hydrogen (secondary N) is 1. The fraction of sp³-hybridized carbons (Fsp3) is 0.933. The highest BCUT2D eigenvalue weighted by molar-refractivity contribution is 5.78. The maximum absolute atomic E-state index is 6.01. The van der Waals surface area contributed by atoms with E-state index in [1.54, 1.807) is 0 Å². The SMILES string of the molecule is CN1C2CCC1CC(CN=C(N)NC1CCCC1)C2. The zero-order valence-corrected chi connectivity index (χ0v) is 12.1. The molecule has 2 heterocycles. The molecule has 2 aliphatic heterocycles. The first-order valence-electron chi connectivity index (χ1n) is 8.01. The monoisotopic (exact) mass is 264 g/mol. The number of guanidine groups is 1. The molecule has 0 spiro atoms. The fourth-order valence-electron chi connectivity index (χ4n) is 4.23. The van der Waals surface area contributed by atoms with E-state index in [0.29, 0.717) is 12.0 Å². The molecule has 0 radical (unpaired) electrons. The summed E-state index contributed by atoms with van der Waals surface area (Å²) in [4.78, 5) is 7.18. The van der Waals surface area contributed by atoms with Crippen LogP contribution in [0, 0.1) is 5.92 Å². The largest absolute Gasteiger partial charge is 0.370 e. The molecule has 3 rings (SSSR count). The van der Waals surface area contributed by atoms with E-state index in [4.69, 9.17) is 5.73 Å². The summed E-state index contributed by atoms with van der Waals surface area (Å²) in [5.41, 5.74) is 6.01. The van der Waals surface area contributed by atoms with Gasteiger partial charge in [0.25, 0.3) is 0 Å². The second-order valence-corrected chi connectivity index (χ2v) is 6.74. The predicted molar refractivity (Wildman–Crippen MR) is 79.2 cm³/mol. The summed E-state index contributed by atoms with van der Waals surface area (Å²) in [7, 11) is 2.29. The minimum absolute atomic E-state index is 0.581. The molecule has 4 heteroatoms. The number of hydrogen-bond donors (Lipinski definition) is 2. The minimum Gasteiger partial charge on any atom is -0.370 e. The van der Waals surface area contributed by atoms with Gasteiger partial charge in [0.2, 0.25) is 0 Å². The maximum atomic E-state index is 6.01. The molecule has 0 aromatic heterocycles. The highest BCUT2D eigenvalue weighted by atomic mass is 15.2. The van der Waals surface area contributed by atoms with Gasteiger partial charge in [0.05, 0.1) is 0 Å². The van der Waals surface area contributed by atoms with Gasteiger partial charge in [0.1, 0.15) is 0 Å². The molecular weight excluding hydrogens is 236 g/mol. The first-order chi connectivity index (χ1) is 9.22. The van der Waals surface area contributed by atoms with Crippen LogP contribution >= 0.6 is 0 Å². The van der Waals surface area contributed by atoms with Crippen molar-refractivity contribution in [3.63, 3.8) is 0 Å². The molecule has 4 nitrogen and oxygen atoms in total. The minimum atomic E-state index is 0.581. The molecule has 3 N–H and O–H groups in total. The maximum Gasteiger partial charge on any atom is 0.188 e. The normalized spacial score (nSPS) is 36.9. The van der Waals surface area contributed by atoms with Crippen molar-refractivity contribution in [1.82, 2.24) is 10.2 Å². The van der Waals surface area contributed by atoms with Gasteiger partial charge >= 0.3 is 0 Å². The Labute approximate surface area is 116 Å². The molecule has 2 bridgehead atoms. The van der Waals surface area contributed by atoms with Crippen molar-refractivity contribution in [1.29, 1.82) is 0 Å². The van der Waals surface area contributed by atoms with Crippen LogP contribution in [0.5, 0.6) is 0 Å². The Balaban J connectivity index is 1.46. The van der Waals surface area contributed by atoms with Crippen molar-refractivity contribution in [2.75, 3.05) is 13.6 Å². The van der Waals surface area contributed by atoms with Gasteiger partial charge in [-0.1, -0.05) is 12.8 Å². The first-order valence-corrected chi connectivity index (χ1v) is 8.01. The van der Waals surface area contributed by atoms with Gasteiger partial charge in [-0.05, 0) is 51.5 Å². The van der Waals surface area contributed by atoms with E-state index in [0.717, 1.165) is 24.5 Å². The van der Waals surface area contributed by atoms with Gasteiger partial charge in [-0.2, -0.15) is 0 Å². The molecule has 0 amide bonds. The standard InChI is InChI=1S/C15H28N4/c1-19-13-6-7-14(19)9-11(8-13)10-17-15(16)18-12-4-2-3-5-12/h11-14H,2-10H2,1H3,(H3,16,17,18). The van der Waals surface area contributed by atoms with E-state index in [1.165, 1.54) is 51.4 Å². The highest BCUT2D eigenvalue weighted by Crippen LogP contribution is 2.37. The van der Waals surface area contributed by atoms with Crippen LogP contribution in [0.1, 0.15) is 51.4 Å². The second-order valence-electron chi connectivity index (χ2n) is 6.74. The smallest absolute Gasteiger partial charge is 0.188 e. The third-order valence-electron chi connectivity index (χ3n) is 5.42. The molecule has 0 aromatic carbocycles. The molecule has 1 saturated carbocycles. The fourth-order valence-corrected chi connectivity index (χ4v) is 4.23. The van der Waals surface area contributed by atoms with Crippen LogP contribution in [0.2, 0.25) is 0 Å². The van der Waals surface area contributed by atoms with Crippen LogP contribution in [-0.4, -0.2) is 42.6 Å². The number of rotatable bonds is 3. The molecule has 2 saturated heterocycles. The number of nitrogens with zero attached hydrogens (tertiary/aromatic N) is 2. The average molecular weight is 264 g/mol. The van der Waals surface area contributed by atoms with Gasteiger partial charge in [0.15, 0.2) is 5.96 Å². The molecule has 3 aliphatic rings. The second kappa shape index (κ2) is 5.70. The van der Waals surface area contributed by atoms with Crippen molar-refractivity contribution in [3.05, 3.63) is 0 Å². The Bertz CT molecular complexity index is 321. The van der Waals surface area contributed by atoms with Crippen molar-refractivity contribution in [2.24, 2.45) is 16.6 Å². The predicted octanol–water partition coefficient (Wildman–Crippen LogP) is 1.71. The van der Waals surface area contributed by atoms with Crippen LogP contribution < -0.4 is 11.1 Å². The van der Waals surface area contributed by atoms with Crippen molar-refractivity contribution in [2.45, 2.75) is 69.5 Å². The summed E-state index contributed by atoms with van der Waals surface area (Å²) in [6.07, 6.45) is 10.6. The van der Waals surface area contributed by atoms with Crippen molar-refractivity contribution >= 4 is 5.96 Å². The van der Waals surface area contributed by atoms with Crippen molar-refractivity contribution < 1.29 is 0 Å². The number of piperidine rings is 1. The molecule has 2 unspecified atom stereocenters. The van der Waals surface area contributed by atoms with Gasteiger partial charge in [-0.25, -0.2) is 0 Å². The Morgan fingerprint density at radius 2 is 1.79 bits per heavy atom. The van der Waals surface area contributed by atoms with E-state index in [-0.39, 0.29) is 0 Å². The van der Waals surface area contributed by atoms with E-state index in [1.807, 2.05) is 0 Å². The lowest BCUT2D eigenvalue weighted by Crippen LogP contribution is -2.42. The Morgan fingerprint density at radius 3 is 2.42 bits per heavy atom. The summed E-state index contributed by atoms with van der Waals surface area (Å²) in [6.45, 7) is 0.923. The Morgan fingerprint density at radius 1 is 1.16 bits per heavy atom. The summed E-state index contributed by atoms with van der Waals surface area (Å²) in [5, 5.41) is 3.38. The van der Waals surface area contributed by atoms with Crippen LogP contribution in [-0.2, 0) is 0 Å². The summed E-state index contributed by atoms with van der Waals surface area (Å²) >= 11 is 0. The van der Waals surface area contributed by atoms with E-state index in [2.05, 4.69) is 22.3 Å². The molecule has 1 aliphatic carbocycles. The van der Waals surface area contributed by atoms with E-state index < -0.39 is 0 Å². The average Bonchev–Trinajstić information content (AvgIpc) is 2.94. The Kier molecular flexibility index (Phi) is 3.96. The summed E-state index contributed by atoms with van der Waals surface area (Å²) in [6, 6.07) is 2.20. The molecule has 19 heavy (non-hydrogen) atoms. The number of fused-ring (bicyclic) bond motifs is 2. The highest BCUT2D eigenvalue weighted by Gasteiger charge is 2.38. The Hall–Kier alpha value is -0.770. The summed E-state index contributed by atoms with van der Waals surface area (Å²) < 4.78 is 0. The van der Waals surface area contributed by atoms with E-state index in [9.17, 15) is 0 Å².